The molecule has 0 amide bonds. The molecule has 0 bridgehead atoms. The predicted molar refractivity (Wildman–Crippen MR) is 33.5 cm³/mol. The van der Waals surface area contributed by atoms with E-state index in [9.17, 15) is 8.42 Å². The van der Waals surface area contributed by atoms with Crippen LogP contribution in [0.25, 0.3) is 0 Å². The van der Waals surface area contributed by atoms with Gasteiger partial charge in [-0.05, 0) is 13.3 Å². The van der Waals surface area contributed by atoms with Crippen LogP contribution in [0.15, 0.2) is 0 Å². The molecule has 0 saturated heterocycles. The van der Waals surface area contributed by atoms with Gasteiger partial charge in [0.1, 0.15) is 0 Å². The second-order valence-corrected chi connectivity index (χ2v) is 3.06. The topological polar surface area (TPSA) is 83.8 Å². The minimum atomic E-state index is -4.54. The van der Waals surface area contributed by atoms with Gasteiger partial charge in [-0.15, -0.1) is 0 Å². The van der Waals surface area contributed by atoms with Gasteiger partial charge in [-0.1, -0.05) is 6.92 Å². The molecule has 62 valence electrons. The molecule has 6 heteroatoms. The molecule has 0 rings (SSSR count). The Labute approximate surface area is 59.6 Å². The van der Waals surface area contributed by atoms with Gasteiger partial charge in [-0.25, -0.2) is 4.18 Å². The fourth-order valence-corrected chi connectivity index (χ4v) is 0.857. The third-order valence-corrected chi connectivity index (χ3v) is 1.51. The monoisotopic (exact) mass is 170 g/mol. The van der Waals surface area contributed by atoms with Crippen molar-refractivity contribution in [3.05, 3.63) is 0 Å². The van der Waals surface area contributed by atoms with E-state index in [0.717, 1.165) is 6.92 Å². The highest BCUT2D eigenvalue weighted by Gasteiger charge is 2.24. The molecule has 5 nitrogen and oxygen atoms in total. The van der Waals surface area contributed by atoms with Crippen molar-refractivity contribution in [1.82, 2.24) is 0 Å². The fourth-order valence-electron chi connectivity index (χ4n) is 0.286. The van der Waals surface area contributed by atoms with Gasteiger partial charge in [-0.2, -0.15) is 8.42 Å². The lowest BCUT2D eigenvalue weighted by atomic mass is 10.3. The first-order valence-corrected chi connectivity index (χ1v) is 4.04. The second kappa shape index (κ2) is 2.83. The van der Waals surface area contributed by atoms with Gasteiger partial charge in [-0.3, -0.25) is 4.55 Å². The molecule has 0 fully saturated rings. The van der Waals surface area contributed by atoms with Crippen LogP contribution in [0.3, 0.4) is 0 Å². The first-order valence-electron chi connectivity index (χ1n) is 2.67. The van der Waals surface area contributed by atoms with E-state index < -0.39 is 16.2 Å². The fraction of sp³-hybridized carbons (Fsp3) is 1.00. The Hall–Kier alpha value is -0.170. The summed E-state index contributed by atoms with van der Waals surface area (Å²) in [5.41, 5.74) is 0. The summed E-state index contributed by atoms with van der Waals surface area (Å²) in [6.07, 6.45) is 0.0762. The standard InChI is InChI=1S/C4H10O5S/c1-3-4(2,5)9-10(6,7)8/h5H,3H2,1-2H3,(H,6,7,8). The van der Waals surface area contributed by atoms with Crippen molar-refractivity contribution in [2.45, 2.75) is 26.1 Å². The lowest BCUT2D eigenvalue weighted by Crippen LogP contribution is -2.29. The summed E-state index contributed by atoms with van der Waals surface area (Å²) in [7, 11) is -4.54. The molecule has 0 radical (unpaired) electrons. The Balaban J connectivity index is 4.16. The Morgan fingerprint density at radius 2 is 2.00 bits per heavy atom. The van der Waals surface area contributed by atoms with E-state index in [2.05, 4.69) is 4.18 Å². The molecule has 0 aliphatic rings. The molecular weight excluding hydrogens is 160 g/mol. The summed E-state index contributed by atoms with van der Waals surface area (Å²) in [6, 6.07) is 0. The zero-order valence-corrected chi connectivity index (χ0v) is 6.55. The molecule has 2 N–H and O–H groups in total. The summed E-state index contributed by atoms with van der Waals surface area (Å²) in [6.45, 7) is 2.66. The van der Waals surface area contributed by atoms with Crippen LogP contribution < -0.4 is 0 Å². The van der Waals surface area contributed by atoms with Gasteiger partial charge >= 0.3 is 10.4 Å². The maximum atomic E-state index is 9.98. The highest BCUT2D eigenvalue weighted by atomic mass is 32.3. The minimum absolute atomic E-state index is 0.0762. The van der Waals surface area contributed by atoms with Crippen molar-refractivity contribution in [1.29, 1.82) is 0 Å². The van der Waals surface area contributed by atoms with Crippen molar-refractivity contribution in [2.24, 2.45) is 0 Å². The second-order valence-electron chi connectivity index (χ2n) is 2.04. The van der Waals surface area contributed by atoms with Crippen molar-refractivity contribution in [3.8, 4) is 0 Å². The third kappa shape index (κ3) is 4.68. The van der Waals surface area contributed by atoms with Crippen LogP contribution in [-0.2, 0) is 14.6 Å². The van der Waals surface area contributed by atoms with E-state index >= 15 is 0 Å². The van der Waals surface area contributed by atoms with Crippen LogP contribution in [0.2, 0.25) is 0 Å². The Kier molecular flexibility index (Phi) is 2.78. The van der Waals surface area contributed by atoms with Gasteiger partial charge in [0.15, 0.2) is 5.79 Å². The normalized spacial score (nSPS) is 18.4. The van der Waals surface area contributed by atoms with E-state index in [4.69, 9.17) is 9.66 Å². The quantitative estimate of drug-likeness (QED) is 0.457. The summed E-state index contributed by atoms with van der Waals surface area (Å²) < 4.78 is 31.9. The zero-order valence-electron chi connectivity index (χ0n) is 5.73. The van der Waals surface area contributed by atoms with Gasteiger partial charge in [0.25, 0.3) is 0 Å². The van der Waals surface area contributed by atoms with Crippen molar-refractivity contribution in [3.63, 3.8) is 0 Å². The first-order chi connectivity index (χ1) is 4.27. The van der Waals surface area contributed by atoms with E-state index in [1.807, 2.05) is 0 Å². The van der Waals surface area contributed by atoms with Crippen LogP contribution in [0.1, 0.15) is 20.3 Å². The molecule has 0 aromatic carbocycles. The molecule has 0 aliphatic carbocycles. The van der Waals surface area contributed by atoms with Crippen molar-refractivity contribution < 1.29 is 22.3 Å². The van der Waals surface area contributed by atoms with Gasteiger partial charge in [0.05, 0.1) is 0 Å². The molecular formula is C4H10O5S. The number of rotatable bonds is 3. The van der Waals surface area contributed by atoms with Crippen molar-refractivity contribution >= 4 is 10.4 Å². The highest BCUT2D eigenvalue weighted by Crippen LogP contribution is 2.12. The first kappa shape index (κ1) is 9.83. The average Bonchev–Trinajstić information content (AvgIpc) is 1.60. The number of hydrogen-bond donors (Lipinski definition) is 2. The summed E-state index contributed by atoms with van der Waals surface area (Å²) in [5, 5.41) is 8.90. The molecule has 1 unspecified atom stereocenters. The molecule has 0 aromatic heterocycles. The number of hydrogen-bond acceptors (Lipinski definition) is 4. The van der Waals surface area contributed by atoms with E-state index in [1.54, 1.807) is 0 Å². The van der Waals surface area contributed by atoms with E-state index in [-0.39, 0.29) is 6.42 Å². The molecule has 1 atom stereocenters. The van der Waals surface area contributed by atoms with Crippen LogP contribution in [0.4, 0.5) is 0 Å². The summed E-state index contributed by atoms with van der Waals surface area (Å²) in [5.74, 6) is -1.81. The van der Waals surface area contributed by atoms with E-state index in [1.165, 1.54) is 6.92 Å². The molecule has 10 heavy (non-hydrogen) atoms. The molecule has 0 spiro atoms. The maximum Gasteiger partial charge on any atom is 0.400 e. The van der Waals surface area contributed by atoms with Crippen LogP contribution in [-0.4, -0.2) is 23.9 Å². The van der Waals surface area contributed by atoms with Crippen LogP contribution >= 0.6 is 0 Å². The predicted octanol–water partition coefficient (Wildman–Crippen LogP) is -0.0757. The summed E-state index contributed by atoms with van der Waals surface area (Å²) in [4.78, 5) is 0. The maximum absolute atomic E-state index is 9.98. The van der Waals surface area contributed by atoms with Gasteiger partial charge in [0, 0.05) is 0 Å². The van der Waals surface area contributed by atoms with Crippen LogP contribution in [0.5, 0.6) is 0 Å². The number of aliphatic hydroxyl groups is 1. The Bertz CT molecular complexity index is 192. The highest BCUT2D eigenvalue weighted by molar-refractivity contribution is 7.80. The van der Waals surface area contributed by atoms with Gasteiger partial charge in [0.2, 0.25) is 0 Å². The van der Waals surface area contributed by atoms with Gasteiger partial charge < -0.3 is 5.11 Å². The Morgan fingerprint density at radius 3 is 2.10 bits per heavy atom. The SMILES string of the molecule is CCC(C)(O)OS(=O)(=O)O. The lowest BCUT2D eigenvalue weighted by molar-refractivity contribution is -0.124. The van der Waals surface area contributed by atoms with Crippen molar-refractivity contribution in [2.75, 3.05) is 0 Å². The molecule has 0 heterocycles. The smallest absolute Gasteiger partial charge is 0.365 e. The summed E-state index contributed by atoms with van der Waals surface area (Å²) >= 11 is 0. The molecule has 0 saturated carbocycles. The third-order valence-electron chi connectivity index (χ3n) is 0.941. The van der Waals surface area contributed by atoms with E-state index in [0.29, 0.717) is 0 Å². The molecule has 0 aromatic rings. The Morgan fingerprint density at radius 1 is 1.60 bits per heavy atom. The van der Waals surface area contributed by atoms with Crippen LogP contribution in [0, 0.1) is 0 Å². The zero-order chi connectivity index (χ0) is 8.41. The molecule has 0 aliphatic heterocycles. The minimum Gasteiger partial charge on any atom is -0.365 e. The lowest BCUT2D eigenvalue weighted by Gasteiger charge is -2.17. The average molecular weight is 170 g/mol. The largest absolute Gasteiger partial charge is 0.400 e.